The first-order chi connectivity index (χ1) is 16.4. The van der Waals surface area contributed by atoms with E-state index in [1.165, 1.54) is 36.4 Å². The Hall–Kier alpha value is -3.86. The van der Waals surface area contributed by atoms with Gasteiger partial charge < -0.3 is 19.5 Å². The van der Waals surface area contributed by atoms with Gasteiger partial charge in [0.05, 0.1) is 4.91 Å². The number of rotatable bonds is 8. The molecule has 2 heterocycles. The second-order valence-corrected chi connectivity index (χ2v) is 8.01. The lowest BCUT2D eigenvalue weighted by Gasteiger charge is -2.12. The highest BCUT2D eigenvalue weighted by molar-refractivity contribution is 8.18. The maximum absolute atomic E-state index is 12.6. The Balaban J connectivity index is 1.27. The largest absolute Gasteiger partial charge is 0.454 e. The number of carbonyl (C=O) groups excluding carboxylic acids is 3. The van der Waals surface area contributed by atoms with E-state index < -0.39 is 23.7 Å². The van der Waals surface area contributed by atoms with Crippen LogP contribution in [0.3, 0.4) is 0 Å². The molecule has 0 saturated carbocycles. The van der Waals surface area contributed by atoms with Gasteiger partial charge in [-0.25, -0.2) is 0 Å². The fourth-order valence-electron chi connectivity index (χ4n) is 3.13. The number of imide groups is 1. The van der Waals surface area contributed by atoms with Crippen LogP contribution in [0.1, 0.15) is 11.1 Å². The number of fused-ring (bicyclic) bond motifs is 1. The van der Waals surface area contributed by atoms with Crippen LogP contribution in [-0.2, 0) is 9.59 Å². The minimum Gasteiger partial charge on any atom is -0.454 e. The number of thioether (sulfide) groups is 1. The summed E-state index contributed by atoms with van der Waals surface area (Å²) in [5.41, 5.74) is 1.30. The van der Waals surface area contributed by atoms with Gasteiger partial charge in [-0.05, 0) is 59.3 Å². The first-order valence-electron chi connectivity index (χ1n) is 10.0. The minimum absolute atomic E-state index is 0.0151. The van der Waals surface area contributed by atoms with E-state index in [0.717, 1.165) is 16.7 Å². The Labute approximate surface area is 197 Å². The number of carbonyl (C=O) groups is 3. The van der Waals surface area contributed by atoms with E-state index in [1.807, 2.05) is 0 Å². The maximum atomic E-state index is 12.6. The molecule has 2 aliphatic heterocycles. The van der Waals surface area contributed by atoms with Crippen molar-refractivity contribution in [3.63, 3.8) is 0 Å². The molecular weight excluding hydrogens is 470 g/mol. The Kier molecular flexibility index (Phi) is 7.12. The molecule has 8 nitrogen and oxygen atoms in total. The van der Waals surface area contributed by atoms with Crippen LogP contribution >= 0.6 is 11.8 Å². The predicted octanol–water partition coefficient (Wildman–Crippen LogP) is 3.88. The van der Waals surface area contributed by atoms with Crippen molar-refractivity contribution in [2.24, 2.45) is 0 Å². The summed E-state index contributed by atoms with van der Waals surface area (Å²) in [6, 6.07) is 11.0. The number of hydrogen-bond donors (Lipinski definition) is 1. The molecule has 3 amide bonds. The second-order valence-electron chi connectivity index (χ2n) is 7.02. The molecule has 0 radical (unpaired) electrons. The van der Waals surface area contributed by atoms with Crippen molar-refractivity contribution in [1.29, 1.82) is 0 Å². The molecule has 11 heteroatoms. The summed E-state index contributed by atoms with van der Waals surface area (Å²) in [5.74, 6) is 0.328. The number of benzene rings is 2. The molecule has 0 aliphatic carbocycles. The average molecular weight is 488 g/mol. The van der Waals surface area contributed by atoms with Gasteiger partial charge in [0.25, 0.3) is 11.1 Å². The van der Waals surface area contributed by atoms with Crippen molar-refractivity contribution in [3.05, 3.63) is 64.6 Å². The zero-order chi connectivity index (χ0) is 24.1. The quantitative estimate of drug-likeness (QED) is 0.564. The fourth-order valence-corrected chi connectivity index (χ4v) is 3.99. The molecule has 1 fully saturated rings. The molecule has 2 aromatic carbocycles. The van der Waals surface area contributed by atoms with E-state index in [1.54, 1.807) is 24.3 Å². The maximum Gasteiger partial charge on any atom is 0.387 e. The molecule has 176 valence electrons. The van der Waals surface area contributed by atoms with Crippen LogP contribution in [-0.4, -0.2) is 48.4 Å². The van der Waals surface area contributed by atoms with Crippen molar-refractivity contribution in [2.75, 3.05) is 19.9 Å². The van der Waals surface area contributed by atoms with E-state index in [2.05, 4.69) is 10.1 Å². The highest BCUT2D eigenvalue weighted by Gasteiger charge is 2.34. The summed E-state index contributed by atoms with van der Waals surface area (Å²) in [6.45, 7) is -2.68. The molecule has 2 aromatic rings. The molecule has 4 rings (SSSR count). The molecule has 0 atom stereocenters. The molecular formula is C23H18F2N2O6S. The van der Waals surface area contributed by atoms with Crippen LogP contribution < -0.4 is 19.5 Å². The molecule has 0 spiro atoms. The SMILES string of the molecule is O=C(/C=C/c1ccc(OC(F)F)cc1)NCCN1C(=O)S/C(=C\c2ccc3c(c2)OCO3)C1=O. The highest BCUT2D eigenvalue weighted by Crippen LogP contribution is 2.36. The molecule has 1 N–H and O–H groups in total. The Morgan fingerprint density at radius 3 is 2.62 bits per heavy atom. The van der Waals surface area contributed by atoms with Crippen molar-refractivity contribution in [3.8, 4) is 17.2 Å². The summed E-state index contributed by atoms with van der Waals surface area (Å²) in [4.78, 5) is 38.2. The van der Waals surface area contributed by atoms with Gasteiger partial charge >= 0.3 is 6.61 Å². The lowest BCUT2D eigenvalue weighted by molar-refractivity contribution is -0.123. The Bertz CT molecular complexity index is 1170. The van der Waals surface area contributed by atoms with E-state index in [9.17, 15) is 23.2 Å². The average Bonchev–Trinajstić information content (AvgIpc) is 3.37. The molecule has 34 heavy (non-hydrogen) atoms. The van der Waals surface area contributed by atoms with Crippen LogP contribution in [0, 0.1) is 0 Å². The van der Waals surface area contributed by atoms with Gasteiger partial charge in [0.1, 0.15) is 5.75 Å². The lowest BCUT2D eigenvalue weighted by atomic mass is 10.2. The van der Waals surface area contributed by atoms with Crippen LogP contribution in [0.25, 0.3) is 12.2 Å². The van der Waals surface area contributed by atoms with Gasteiger partial charge in [-0.2, -0.15) is 8.78 Å². The van der Waals surface area contributed by atoms with Crippen molar-refractivity contribution >= 4 is 41.0 Å². The highest BCUT2D eigenvalue weighted by atomic mass is 32.2. The fraction of sp³-hybridized carbons (Fsp3) is 0.174. The summed E-state index contributed by atoms with van der Waals surface area (Å²) >= 11 is 0.824. The second kappa shape index (κ2) is 10.4. The van der Waals surface area contributed by atoms with E-state index in [-0.39, 0.29) is 30.5 Å². The molecule has 2 aliphatic rings. The first kappa shape index (κ1) is 23.3. The van der Waals surface area contributed by atoms with Crippen LogP contribution in [0.4, 0.5) is 13.6 Å². The third kappa shape index (κ3) is 5.73. The van der Waals surface area contributed by atoms with Gasteiger partial charge in [-0.1, -0.05) is 18.2 Å². The topological polar surface area (TPSA) is 94.2 Å². The van der Waals surface area contributed by atoms with Crippen molar-refractivity contribution < 1.29 is 37.4 Å². The van der Waals surface area contributed by atoms with Crippen LogP contribution in [0.5, 0.6) is 17.2 Å². The first-order valence-corrected chi connectivity index (χ1v) is 10.9. The summed E-state index contributed by atoms with van der Waals surface area (Å²) in [7, 11) is 0. The third-order valence-electron chi connectivity index (χ3n) is 4.74. The number of alkyl halides is 2. The number of halogens is 2. The van der Waals surface area contributed by atoms with Gasteiger partial charge in [0.15, 0.2) is 11.5 Å². The number of amides is 3. The third-order valence-corrected chi connectivity index (χ3v) is 5.64. The zero-order valence-electron chi connectivity index (χ0n) is 17.5. The van der Waals surface area contributed by atoms with Gasteiger partial charge in [-0.15, -0.1) is 0 Å². The Morgan fingerprint density at radius 1 is 1.12 bits per heavy atom. The minimum atomic E-state index is -2.91. The van der Waals surface area contributed by atoms with Crippen molar-refractivity contribution in [1.82, 2.24) is 10.2 Å². The molecule has 1 saturated heterocycles. The van der Waals surface area contributed by atoms with Gasteiger partial charge in [-0.3, -0.25) is 19.3 Å². The van der Waals surface area contributed by atoms with Crippen LogP contribution in [0.15, 0.2) is 53.4 Å². The van der Waals surface area contributed by atoms with Gasteiger partial charge in [0.2, 0.25) is 12.7 Å². The van der Waals surface area contributed by atoms with E-state index >= 15 is 0 Å². The Morgan fingerprint density at radius 2 is 1.85 bits per heavy atom. The van der Waals surface area contributed by atoms with Crippen molar-refractivity contribution in [2.45, 2.75) is 6.61 Å². The normalized spacial score (nSPS) is 16.2. The summed E-state index contributed by atoms with van der Waals surface area (Å²) in [6.07, 6.45) is 4.36. The van der Waals surface area contributed by atoms with Gasteiger partial charge in [0, 0.05) is 19.2 Å². The smallest absolute Gasteiger partial charge is 0.387 e. The standard InChI is InChI=1S/C23H18F2N2O6S/c24-22(25)33-16-5-1-14(2-6-16)4-8-20(28)26-9-10-27-21(29)19(34-23(27)30)12-15-3-7-17-18(11-15)32-13-31-17/h1-8,11-12,22H,9-10,13H2,(H,26,28)/b8-4+,19-12-. The summed E-state index contributed by atoms with van der Waals surface area (Å²) < 4.78 is 39.2. The van der Waals surface area contributed by atoms with E-state index in [4.69, 9.17) is 9.47 Å². The molecule has 0 unspecified atom stereocenters. The number of nitrogens with one attached hydrogen (secondary N) is 1. The van der Waals surface area contributed by atoms with Crippen LogP contribution in [0.2, 0.25) is 0 Å². The predicted molar refractivity (Wildman–Crippen MR) is 120 cm³/mol. The number of nitrogens with zero attached hydrogens (tertiary/aromatic N) is 1. The zero-order valence-corrected chi connectivity index (χ0v) is 18.3. The number of ether oxygens (including phenoxy) is 3. The monoisotopic (exact) mass is 488 g/mol. The molecule has 0 aromatic heterocycles. The lowest BCUT2D eigenvalue weighted by Crippen LogP contribution is -2.36. The molecule has 0 bridgehead atoms. The summed E-state index contributed by atoms with van der Waals surface area (Å²) in [5, 5.41) is 2.17. The number of hydrogen-bond acceptors (Lipinski definition) is 7. The van der Waals surface area contributed by atoms with E-state index in [0.29, 0.717) is 22.6 Å².